The number of halogens is 3. The molecule has 0 radical (unpaired) electrons. The Balaban J connectivity index is 2.51. The maximum absolute atomic E-state index is 13.0. The van der Waals surface area contributed by atoms with Gasteiger partial charge in [-0.1, -0.05) is 43.2 Å². The molecule has 1 aromatic carbocycles. The third-order valence-corrected chi connectivity index (χ3v) is 6.14. The van der Waals surface area contributed by atoms with Crippen LogP contribution >= 0.6 is 7.60 Å². The molecule has 2 atom stereocenters. The van der Waals surface area contributed by atoms with Gasteiger partial charge in [0.25, 0.3) is 0 Å². The first-order chi connectivity index (χ1) is 9.66. The summed E-state index contributed by atoms with van der Waals surface area (Å²) in [5.41, 5.74) is 0.574. The van der Waals surface area contributed by atoms with Gasteiger partial charge in [-0.2, -0.15) is 13.2 Å². The lowest BCUT2D eigenvalue weighted by Gasteiger charge is -2.44. The summed E-state index contributed by atoms with van der Waals surface area (Å²) in [6.07, 6.45) is -4.69. The zero-order chi connectivity index (χ0) is 15.7. The van der Waals surface area contributed by atoms with Gasteiger partial charge < -0.3 is 9.79 Å². The summed E-state index contributed by atoms with van der Waals surface area (Å²) in [5.74, 6) is -0.769. The van der Waals surface area contributed by atoms with Gasteiger partial charge in [-0.3, -0.25) is 4.57 Å². The predicted molar refractivity (Wildman–Crippen MR) is 73.1 cm³/mol. The first kappa shape index (κ1) is 16.5. The van der Waals surface area contributed by atoms with E-state index in [0.717, 1.165) is 0 Å². The molecule has 1 aliphatic carbocycles. The van der Waals surface area contributed by atoms with Crippen LogP contribution in [-0.4, -0.2) is 21.1 Å². The maximum atomic E-state index is 13.0. The van der Waals surface area contributed by atoms with E-state index in [-0.39, 0.29) is 6.42 Å². The molecule has 1 saturated carbocycles. The summed E-state index contributed by atoms with van der Waals surface area (Å²) >= 11 is 0. The van der Waals surface area contributed by atoms with E-state index in [0.29, 0.717) is 24.8 Å². The van der Waals surface area contributed by atoms with Crippen LogP contribution in [0.25, 0.3) is 0 Å². The number of hydrogen-bond acceptors (Lipinski definition) is 1. The molecule has 0 aromatic heterocycles. The van der Waals surface area contributed by atoms with E-state index in [9.17, 15) is 27.5 Å². The first-order valence-electron chi connectivity index (χ1n) is 6.83. The van der Waals surface area contributed by atoms with Crippen LogP contribution in [0.15, 0.2) is 30.3 Å². The van der Waals surface area contributed by atoms with Crippen LogP contribution < -0.4 is 0 Å². The molecule has 118 valence electrons. The molecule has 2 N–H and O–H groups in total. The van der Waals surface area contributed by atoms with E-state index in [4.69, 9.17) is 0 Å². The number of rotatable bonds is 3. The number of benzene rings is 1. The SMILES string of the molecule is O=P(O)(O)C1(CC(F)(F)F)CCCCC1c1ccccc1. The van der Waals surface area contributed by atoms with Crippen LogP contribution in [0.3, 0.4) is 0 Å². The average molecular weight is 322 g/mol. The summed E-state index contributed by atoms with van der Waals surface area (Å²) in [4.78, 5) is 19.4. The van der Waals surface area contributed by atoms with E-state index < -0.39 is 31.3 Å². The molecule has 1 fully saturated rings. The third-order valence-electron chi connectivity index (χ3n) is 4.29. The summed E-state index contributed by atoms with van der Waals surface area (Å²) in [6, 6.07) is 8.40. The molecule has 0 saturated heterocycles. The molecule has 1 aliphatic rings. The smallest absolute Gasteiger partial charge is 0.324 e. The van der Waals surface area contributed by atoms with Crippen molar-refractivity contribution >= 4 is 7.60 Å². The Hall–Kier alpha value is -0.840. The van der Waals surface area contributed by atoms with Crippen LogP contribution in [0, 0.1) is 0 Å². The van der Waals surface area contributed by atoms with Crippen molar-refractivity contribution in [2.75, 3.05) is 0 Å². The second kappa shape index (κ2) is 5.75. The van der Waals surface area contributed by atoms with Crippen LogP contribution in [-0.2, 0) is 4.57 Å². The lowest BCUT2D eigenvalue weighted by Crippen LogP contribution is -2.42. The van der Waals surface area contributed by atoms with Crippen LogP contribution in [0.5, 0.6) is 0 Å². The number of hydrogen-bond donors (Lipinski definition) is 2. The van der Waals surface area contributed by atoms with Crippen LogP contribution in [0.2, 0.25) is 0 Å². The van der Waals surface area contributed by atoms with Crippen LogP contribution in [0.1, 0.15) is 43.6 Å². The van der Waals surface area contributed by atoms with Crippen molar-refractivity contribution in [1.29, 1.82) is 0 Å². The summed E-state index contributed by atoms with van der Waals surface area (Å²) in [7, 11) is -4.91. The van der Waals surface area contributed by atoms with Gasteiger partial charge in [0.1, 0.15) is 0 Å². The monoisotopic (exact) mass is 322 g/mol. The van der Waals surface area contributed by atoms with E-state index in [1.54, 1.807) is 30.3 Å². The topological polar surface area (TPSA) is 57.5 Å². The molecular formula is C14H18F3O3P. The van der Waals surface area contributed by atoms with Crippen molar-refractivity contribution in [3.8, 4) is 0 Å². The average Bonchev–Trinajstić information content (AvgIpc) is 2.37. The minimum absolute atomic E-state index is 0.101. The molecule has 7 heteroatoms. The molecule has 0 aliphatic heterocycles. The van der Waals surface area contributed by atoms with Gasteiger partial charge in [0.05, 0.1) is 11.6 Å². The van der Waals surface area contributed by atoms with Gasteiger partial charge in [0.2, 0.25) is 0 Å². The largest absolute Gasteiger partial charge is 0.390 e. The minimum atomic E-state index is -4.91. The van der Waals surface area contributed by atoms with E-state index in [2.05, 4.69) is 0 Å². The van der Waals surface area contributed by atoms with Crippen molar-refractivity contribution in [2.24, 2.45) is 0 Å². The van der Waals surface area contributed by atoms with Crippen molar-refractivity contribution in [2.45, 2.75) is 49.4 Å². The fourth-order valence-electron chi connectivity index (χ4n) is 3.40. The highest BCUT2D eigenvalue weighted by Gasteiger charge is 2.58. The molecule has 0 spiro atoms. The highest BCUT2D eigenvalue weighted by atomic mass is 31.2. The first-order valence-corrected chi connectivity index (χ1v) is 8.44. The Morgan fingerprint density at radius 3 is 2.33 bits per heavy atom. The van der Waals surface area contributed by atoms with Crippen molar-refractivity contribution in [1.82, 2.24) is 0 Å². The summed E-state index contributed by atoms with van der Waals surface area (Å²) in [5, 5.41) is -2.04. The molecule has 0 heterocycles. The maximum Gasteiger partial charge on any atom is 0.390 e. The van der Waals surface area contributed by atoms with E-state index in [1.807, 2.05) is 0 Å². The van der Waals surface area contributed by atoms with E-state index in [1.165, 1.54) is 0 Å². The normalized spacial score (nSPS) is 27.6. The second-order valence-corrected chi connectivity index (χ2v) is 7.63. The predicted octanol–water partition coefficient (Wildman–Crippen LogP) is 4.21. The van der Waals surface area contributed by atoms with Gasteiger partial charge in [0, 0.05) is 5.92 Å². The molecule has 1 aromatic rings. The summed E-state index contributed by atoms with van der Waals surface area (Å²) in [6.45, 7) is 0. The molecule has 2 unspecified atom stereocenters. The third kappa shape index (κ3) is 3.50. The van der Waals surface area contributed by atoms with Gasteiger partial charge >= 0.3 is 13.8 Å². The Morgan fingerprint density at radius 1 is 1.19 bits per heavy atom. The Bertz CT molecular complexity index is 526. The zero-order valence-corrected chi connectivity index (χ0v) is 12.3. The van der Waals surface area contributed by atoms with E-state index >= 15 is 0 Å². The van der Waals surface area contributed by atoms with Crippen molar-refractivity contribution in [3.63, 3.8) is 0 Å². The minimum Gasteiger partial charge on any atom is -0.324 e. The Labute approximate surface area is 121 Å². The zero-order valence-electron chi connectivity index (χ0n) is 11.4. The van der Waals surface area contributed by atoms with Crippen molar-refractivity contribution in [3.05, 3.63) is 35.9 Å². The molecule has 21 heavy (non-hydrogen) atoms. The van der Waals surface area contributed by atoms with Gasteiger partial charge in [-0.05, 0) is 18.4 Å². The molecule has 2 rings (SSSR count). The highest BCUT2D eigenvalue weighted by molar-refractivity contribution is 7.53. The molecule has 0 bridgehead atoms. The lowest BCUT2D eigenvalue weighted by atomic mass is 9.73. The van der Waals surface area contributed by atoms with Crippen molar-refractivity contribution < 1.29 is 27.5 Å². The van der Waals surface area contributed by atoms with Gasteiger partial charge in [0.15, 0.2) is 0 Å². The molecular weight excluding hydrogens is 304 g/mol. The van der Waals surface area contributed by atoms with Crippen LogP contribution in [0.4, 0.5) is 13.2 Å². The Kier molecular flexibility index (Phi) is 4.52. The Morgan fingerprint density at radius 2 is 1.81 bits per heavy atom. The lowest BCUT2D eigenvalue weighted by molar-refractivity contribution is -0.146. The second-order valence-electron chi connectivity index (χ2n) is 5.65. The van der Waals surface area contributed by atoms with Gasteiger partial charge in [-0.15, -0.1) is 0 Å². The number of alkyl halides is 3. The fourth-order valence-corrected chi connectivity index (χ4v) is 4.91. The van der Waals surface area contributed by atoms with Gasteiger partial charge in [-0.25, -0.2) is 0 Å². The molecule has 0 amide bonds. The molecule has 3 nitrogen and oxygen atoms in total. The fraction of sp³-hybridized carbons (Fsp3) is 0.571. The summed E-state index contributed by atoms with van der Waals surface area (Å²) < 4.78 is 50.8. The standard InChI is InChI=1S/C14H18F3O3P/c15-14(16,17)10-13(21(18,19)20)9-5-4-8-12(13)11-6-2-1-3-7-11/h1-3,6-7,12H,4-5,8-10H2,(H2,18,19,20). The quantitative estimate of drug-likeness (QED) is 0.820. The highest BCUT2D eigenvalue weighted by Crippen LogP contribution is 2.66.